The maximum absolute atomic E-state index is 13.4. The third-order valence-electron chi connectivity index (χ3n) is 5.22. The zero-order valence-corrected chi connectivity index (χ0v) is 26.0. The van der Waals surface area contributed by atoms with E-state index in [0.29, 0.717) is 16.9 Å². The van der Waals surface area contributed by atoms with Crippen molar-refractivity contribution in [1.29, 1.82) is 0 Å². The highest BCUT2D eigenvalue weighted by atomic mass is 79.9. The Morgan fingerprint density at radius 2 is 1.73 bits per heavy atom. The summed E-state index contributed by atoms with van der Waals surface area (Å²) >= 11 is 15.7. The van der Waals surface area contributed by atoms with Crippen molar-refractivity contribution in [3.8, 4) is 17.0 Å². The van der Waals surface area contributed by atoms with Gasteiger partial charge in [-0.2, -0.15) is 4.99 Å². The Kier molecular flexibility index (Phi) is 10.8. The van der Waals surface area contributed by atoms with Crippen LogP contribution in [0.2, 0.25) is 10.0 Å². The summed E-state index contributed by atoms with van der Waals surface area (Å²) in [4.78, 5) is 41.8. The van der Waals surface area contributed by atoms with Gasteiger partial charge in [0.15, 0.2) is 0 Å². The highest BCUT2D eigenvalue weighted by molar-refractivity contribution is 9.09. The maximum Gasteiger partial charge on any atom is 0.414 e. The zero-order chi connectivity index (χ0) is 30.3. The number of halogens is 3. The number of aliphatic imine (C=N–C) groups is 1. The van der Waals surface area contributed by atoms with E-state index in [0.717, 1.165) is 0 Å². The van der Waals surface area contributed by atoms with E-state index in [4.69, 9.17) is 37.2 Å². The van der Waals surface area contributed by atoms with Crippen molar-refractivity contribution in [3.05, 3.63) is 63.3 Å². The summed E-state index contributed by atoms with van der Waals surface area (Å²) in [6, 6.07) is 10.0. The molecule has 1 heterocycles. The molecule has 218 valence electrons. The molecule has 41 heavy (non-hydrogen) atoms. The molecule has 11 nitrogen and oxygen atoms in total. The lowest BCUT2D eigenvalue weighted by molar-refractivity contribution is -0.113. The number of nitrogens with one attached hydrogen (secondary N) is 3. The lowest BCUT2D eigenvalue weighted by Crippen LogP contribution is -2.43. The van der Waals surface area contributed by atoms with Gasteiger partial charge in [-0.1, -0.05) is 44.3 Å². The topological polar surface area (TPSA) is 144 Å². The minimum absolute atomic E-state index is 0.0436. The molecule has 3 aromatic rings. The van der Waals surface area contributed by atoms with E-state index in [9.17, 15) is 14.4 Å². The minimum Gasteiger partial charge on any atom is -0.497 e. The van der Waals surface area contributed by atoms with E-state index >= 15 is 0 Å². The first-order chi connectivity index (χ1) is 19.3. The van der Waals surface area contributed by atoms with E-state index in [1.165, 1.54) is 0 Å². The molecule has 0 aliphatic carbocycles. The van der Waals surface area contributed by atoms with Crippen LogP contribution in [0.15, 0.2) is 45.9 Å². The molecule has 0 unspecified atom stereocenters. The molecule has 14 heteroatoms. The second-order valence-corrected chi connectivity index (χ2v) is 10.9. The summed E-state index contributed by atoms with van der Waals surface area (Å²) in [6.45, 7) is 6.72. The van der Waals surface area contributed by atoms with E-state index in [1.54, 1.807) is 71.2 Å². The van der Waals surface area contributed by atoms with Crippen LogP contribution in [-0.4, -0.2) is 47.1 Å². The summed E-state index contributed by atoms with van der Waals surface area (Å²) in [5.74, 6) is -0.383. The lowest BCUT2D eigenvalue weighted by atomic mass is 10.1. The summed E-state index contributed by atoms with van der Waals surface area (Å²) in [5, 5.41) is 12.5. The average Bonchev–Trinajstić information content (AvgIpc) is 3.29. The second-order valence-electron chi connectivity index (χ2n) is 9.55. The average molecular weight is 669 g/mol. The normalized spacial score (nSPS) is 11.6. The number of anilines is 1. The van der Waals surface area contributed by atoms with Crippen LogP contribution >= 0.6 is 39.1 Å². The molecular formula is C27H28BrCl2N5O6. The highest BCUT2D eigenvalue weighted by Gasteiger charge is 2.24. The molecule has 3 rings (SSSR count). The Morgan fingerprint density at radius 3 is 2.29 bits per heavy atom. The zero-order valence-electron chi connectivity index (χ0n) is 22.9. The standard InChI is InChI=1S/C27H28BrCl2N5O6/c1-14-21(22(35-41-14)16-6-8-17(39-5)9-7-16)24(37)33-25(34-26(38)40-27(2,3)4)31-13-15-10-18(29)23(19(30)11-15)32-20(36)12-28/h6-11H,12-13H2,1-5H3,(H,32,36)(H2,31,33,34,37,38). The summed E-state index contributed by atoms with van der Waals surface area (Å²) in [6.07, 6.45) is -0.835. The number of aromatic nitrogens is 1. The number of nitrogens with zero attached hydrogens (tertiary/aromatic N) is 2. The van der Waals surface area contributed by atoms with Crippen LogP contribution in [0, 0.1) is 6.92 Å². The number of aryl methyl sites for hydroxylation is 1. The Morgan fingerprint density at radius 1 is 1.10 bits per heavy atom. The van der Waals surface area contributed by atoms with Gasteiger partial charge in [-0.25, -0.2) is 4.79 Å². The number of benzene rings is 2. The van der Waals surface area contributed by atoms with E-state index < -0.39 is 17.6 Å². The number of carbonyl (C=O) groups excluding carboxylic acids is 3. The molecule has 0 spiro atoms. The number of methoxy groups -OCH3 is 1. The van der Waals surface area contributed by atoms with Crippen molar-refractivity contribution in [3.63, 3.8) is 0 Å². The molecule has 0 saturated heterocycles. The number of carbonyl (C=O) groups is 3. The van der Waals surface area contributed by atoms with Crippen molar-refractivity contribution >= 4 is 68.7 Å². The first-order valence-corrected chi connectivity index (χ1v) is 14.0. The van der Waals surface area contributed by atoms with Crippen LogP contribution in [0.4, 0.5) is 10.5 Å². The molecular weight excluding hydrogens is 641 g/mol. The molecule has 3 N–H and O–H groups in total. The number of hydrogen-bond donors (Lipinski definition) is 3. The van der Waals surface area contributed by atoms with Gasteiger partial charge >= 0.3 is 6.09 Å². The predicted octanol–water partition coefficient (Wildman–Crippen LogP) is 6.11. The van der Waals surface area contributed by atoms with Crippen molar-refractivity contribution in [2.45, 2.75) is 39.8 Å². The van der Waals surface area contributed by atoms with Gasteiger partial charge in [-0.15, -0.1) is 0 Å². The van der Waals surface area contributed by atoms with Crippen molar-refractivity contribution < 1.29 is 28.4 Å². The van der Waals surface area contributed by atoms with Gasteiger partial charge in [-0.05, 0) is 69.7 Å². The van der Waals surface area contributed by atoms with Crippen LogP contribution in [0.1, 0.15) is 42.5 Å². The largest absolute Gasteiger partial charge is 0.497 e. The first-order valence-electron chi connectivity index (χ1n) is 12.1. The van der Waals surface area contributed by atoms with Gasteiger partial charge in [0.2, 0.25) is 11.9 Å². The fourth-order valence-corrected chi connectivity index (χ4v) is 4.21. The maximum atomic E-state index is 13.4. The van der Waals surface area contributed by atoms with E-state index in [1.807, 2.05) is 0 Å². The monoisotopic (exact) mass is 667 g/mol. The number of hydrogen-bond acceptors (Lipinski definition) is 7. The van der Waals surface area contributed by atoms with E-state index in [-0.39, 0.29) is 56.5 Å². The van der Waals surface area contributed by atoms with Crippen LogP contribution in [0.25, 0.3) is 11.3 Å². The molecule has 0 fully saturated rings. The molecule has 3 amide bonds. The molecule has 0 aliphatic rings. The van der Waals surface area contributed by atoms with Crippen LogP contribution < -0.4 is 20.7 Å². The number of guanidine groups is 1. The van der Waals surface area contributed by atoms with Crippen molar-refractivity contribution in [1.82, 2.24) is 15.8 Å². The minimum atomic E-state index is -0.835. The smallest absolute Gasteiger partial charge is 0.414 e. The Hall–Kier alpha value is -3.61. The number of amides is 3. The quantitative estimate of drug-likeness (QED) is 0.155. The Labute approximate surface area is 255 Å². The molecule has 0 atom stereocenters. The van der Waals surface area contributed by atoms with Crippen molar-refractivity contribution in [2.24, 2.45) is 4.99 Å². The fourth-order valence-electron chi connectivity index (χ4n) is 3.45. The molecule has 0 saturated carbocycles. The lowest BCUT2D eigenvalue weighted by Gasteiger charge is -2.20. The van der Waals surface area contributed by atoms with Crippen LogP contribution in [0.5, 0.6) is 5.75 Å². The summed E-state index contributed by atoms with van der Waals surface area (Å²) in [7, 11) is 1.55. The van der Waals surface area contributed by atoms with Gasteiger partial charge in [0, 0.05) is 12.1 Å². The van der Waals surface area contributed by atoms with Crippen molar-refractivity contribution in [2.75, 3.05) is 17.8 Å². The number of alkyl halides is 1. The van der Waals surface area contributed by atoms with Crippen LogP contribution in [0.3, 0.4) is 0 Å². The van der Waals surface area contributed by atoms with Crippen LogP contribution in [-0.2, 0) is 16.1 Å². The molecule has 0 bridgehead atoms. The number of alkyl carbamates (subject to hydrolysis) is 1. The fraction of sp³-hybridized carbons (Fsp3) is 0.296. The number of ether oxygens (including phenoxy) is 2. The summed E-state index contributed by atoms with van der Waals surface area (Å²) in [5.41, 5.74) is 1.01. The third-order valence-corrected chi connectivity index (χ3v) is 6.33. The molecule has 0 aliphatic heterocycles. The van der Waals surface area contributed by atoms with Gasteiger partial charge < -0.3 is 24.6 Å². The molecule has 0 radical (unpaired) electrons. The first kappa shape index (κ1) is 31.9. The van der Waals surface area contributed by atoms with Gasteiger partial charge in [0.25, 0.3) is 5.91 Å². The predicted molar refractivity (Wildman–Crippen MR) is 160 cm³/mol. The second kappa shape index (κ2) is 13.8. The summed E-state index contributed by atoms with van der Waals surface area (Å²) < 4.78 is 15.8. The third kappa shape index (κ3) is 8.94. The Bertz CT molecular complexity index is 1440. The van der Waals surface area contributed by atoms with E-state index in [2.05, 4.69) is 42.0 Å². The molecule has 2 aromatic carbocycles. The van der Waals surface area contributed by atoms with Gasteiger partial charge in [0.05, 0.1) is 28.2 Å². The van der Waals surface area contributed by atoms with Gasteiger partial charge in [0.1, 0.15) is 28.4 Å². The SMILES string of the molecule is COc1ccc(-c2noc(C)c2C(=O)/N=C(/NCc2cc(Cl)c(NC(=O)CBr)c(Cl)c2)NC(=O)OC(C)(C)C)cc1. The highest BCUT2D eigenvalue weighted by Crippen LogP contribution is 2.32. The molecule has 1 aromatic heterocycles. The number of rotatable bonds is 7. The Balaban J connectivity index is 1.91. The van der Waals surface area contributed by atoms with Gasteiger partial charge in [-0.3, -0.25) is 14.9 Å².